The van der Waals surface area contributed by atoms with Gasteiger partial charge in [0.1, 0.15) is 5.75 Å². The molecule has 4 heteroatoms. The highest BCUT2D eigenvalue weighted by molar-refractivity contribution is 5.48. The SMILES string of the molecule is CC(C)COc1cccc(NCc2ccc(F)c(F)c2)c1. The van der Waals surface area contributed by atoms with Gasteiger partial charge in [-0.25, -0.2) is 8.78 Å². The Morgan fingerprint density at radius 3 is 2.57 bits per heavy atom. The van der Waals surface area contributed by atoms with Gasteiger partial charge in [-0.3, -0.25) is 0 Å². The Bertz CT molecular complexity index is 599. The minimum atomic E-state index is -0.831. The molecule has 0 saturated heterocycles. The maximum atomic E-state index is 13.1. The molecule has 21 heavy (non-hydrogen) atoms. The zero-order valence-electron chi connectivity index (χ0n) is 12.2. The van der Waals surface area contributed by atoms with Crippen molar-refractivity contribution in [3.05, 3.63) is 59.7 Å². The van der Waals surface area contributed by atoms with Crippen LogP contribution in [0.5, 0.6) is 5.75 Å². The van der Waals surface area contributed by atoms with E-state index in [-0.39, 0.29) is 0 Å². The van der Waals surface area contributed by atoms with E-state index in [9.17, 15) is 8.78 Å². The highest BCUT2D eigenvalue weighted by atomic mass is 19.2. The van der Waals surface area contributed by atoms with E-state index < -0.39 is 11.6 Å². The van der Waals surface area contributed by atoms with Crippen molar-refractivity contribution in [3.8, 4) is 5.75 Å². The van der Waals surface area contributed by atoms with E-state index in [4.69, 9.17) is 4.74 Å². The molecule has 1 N–H and O–H groups in total. The minimum Gasteiger partial charge on any atom is -0.493 e. The van der Waals surface area contributed by atoms with Crippen molar-refractivity contribution < 1.29 is 13.5 Å². The molecular formula is C17H19F2NO. The number of anilines is 1. The van der Waals surface area contributed by atoms with Crippen LogP contribution < -0.4 is 10.1 Å². The van der Waals surface area contributed by atoms with Gasteiger partial charge in [-0.1, -0.05) is 26.0 Å². The third-order valence-corrected chi connectivity index (χ3v) is 2.90. The van der Waals surface area contributed by atoms with Crippen molar-refractivity contribution in [2.75, 3.05) is 11.9 Å². The maximum Gasteiger partial charge on any atom is 0.159 e. The second-order valence-electron chi connectivity index (χ2n) is 5.33. The third-order valence-electron chi connectivity index (χ3n) is 2.90. The third kappa shape index (κ3) is 4.74. The largest absolute Gasteiger partial charge is 0.493 e. The van der Waals surface area contributed by atoms with Crippen molar-refractivity contribution in [3.63, 3.8) is 0 Å². The van der Waals surface area contributed by atoms with Crippen LogP contribution in [0.4, 0.5) is 14.5 Å². The van der Waals surface area contributed by atoms with Crippen LogP contribution in [0.15, 0.2) is 42.5 Å². The summed E-state index contributed by atoms with van der Waals surface area (Å²) >= 11 is 0. The first-order valence-electron chi connectivity index (χ1n) is 6.95. The molecule has 0 aliphatic rings. The smallest absolute Gasteiger partial charge is 0.159 e. The number of nitrogens with one attached hydrogen (secondary N) is 1. The van der Waals surface area contributed by atoms with Gasteiger partial charge in [-0.15, -0.1) is 0 Å². The Balaban J connectivity index is 1.96. The Labute approximate surface area is 123 Å². The van der Waals surface area contributed by atoms with Gasteiger partial charge < -0.3 is 10.1 Å². The van der Waals surface area contributed by atoms with E-state index in [1.807, 2.05) is 24.3 Å². The highest BCUT2D eigenvalue weighted by Gasteiger charge is 2.03. The van der Waals surface area contributed by atoms with Crippen LogP contribution in [-0.2, 0) is 6.54 Å². The average molecular weight is 291 g/mol. The zero-order chi connectivity index (χ0) is 15.2. The Kier molecular flexibility index (Phi) is 5.14. The highest BCUT2D eigenvalue weighted by Crippen LogP contribution is 2.19. The number of hydrogen-bond donors (Lipinski definition) is 1. The molecule has 0 bridgehead atoms. The summed E-state index contributed by atoms with van der Waals surface area (Å²) in [6.45, 7) is 5.26. The van der Waals surface area contributed by atoms with E-state index in [1.54, 1.807) is 6.07 Å². The van der Waals surface area contributed by atoms with Gasteiger partial charge in [-0.05, 0) is 35.7 Å². The van der Waals surface area contributed by atoms with Crippen LogP contribution in [0.25, 0.3) is 0 Å². The molecule has 0 radical (unpaired) electrons. The molecule has 0 aromatic heterocycles. The zero-order valence-corrected chi connectivity index (χ0v) is 12.2. The molecule has 0 fully saturated rings. The predicted octanol–water partition coefficient (Wildman–Crippen LogP) is 4.61. The summed E-state index contributed by atoms with van der Waals surface area (Å²) in [5.41, 5.74) is 1.56. The lowest BCUT2D eigenvalue weighted by atomic mass is 10.2. The predicted molar refractivity (Wildman–Crippen MR) is 80.5 cm³/mol. The van der Waals surface area contributed by atoms with E-state index in [1.165, 1.54) is 6.07 Å². The van der Waals surface area contributed by atoms with Crippen molar-refractivity contribution in [2.24, 2.45) is 5.92 Å². The average Bonchev–Trinajstić information content (AvgIpc) is 2.47. The number of hydrogen-bond acceptors (Lipinski definition) is 2. The molecule has 2 nitrogen and oxygen atoms in total. The fourth-order valence-electron chi connectivity index (χ4n) is 1.81. The van der Waals surface area contributed by atoms with Crippen molar-refractivity contribution in [1.29, 1.82) is 0 Å². The minimum absolute atomic E-state index is 0.421. The number of halogens is 2. The van der Waals surface area contributed by atoms with Crippen LogP contribution in [-0.4, -0.2) is 6.61 Å². The molecule has 0 atom stereocenters. The van der Waals surface area contributed by atoms with Crippen molar-refractivity contribution >= 4 is 5.69 Å². The molecule has 2 rings (SSSR count). The summed E-state index contributed by atoms with van der Waals surface area (Å²) in [7, 11) is 0. The van der Waals surface area contributed by atoms with Gasteiger partial charge in [0.2, 0.25) is 0 Å². The Hall–Kier alpha value is -2.10. The van der Waals surface area contributed by atoms with Crippen LogP contribution in [0.3, 0.4) is 0 Å². The molecule has 0 aliphatic carbocycles. The van der Waals surface area contributed by atoms with E-state index in [0.717, 1.165) is 17.5 Å². The standard InChI is InChI=1S/C17H19F2NO/c1-12(2)11-21-15-5-3-4-14(9-15)20-10-13-6-7-16(18)17(19)8-13/h3-9,12,20H,10-11H2,1-2H3. The van der Waals surface area contributed by atoms with Gasteiger partial charge in [0, 0.05) is 18.3 Å². The van der Waals surface area contributed by atoms with Crippen LogP contribution in [0.1, 0.15) is 19.4 Å². The lowest BCUT2D eigenvalue weighted by Gasteiger charge is -2.11. The van der Waals surface area contributed by atoms with Crippen LogP contribution >= 0.6 is 0 Å². The molecule has 2 aromatic rings. The van der Waals surface area contributed by atoms with E-state index >= 15 is 0 Å². The van der Waals surface area contributed by atoms with Crippen molar-refractivity contribution in [2.45, 2.75) is 20.4 Å². The summed E-state index contributed by atoms with van der Waals surface area (Å²) < 4.78 is 31.6. The first-order chi connectivity index (χ1) is 10.0. The lowest BCUT2D eigenvalue weighted by molar-refractivity contribution is 0.271. The van der Waals surface area contributed by atoms with Crippen molar-refractivity contribution in [1.82, 2.24) is 0 Å². The van der Waals surface area contributed by atoms with E-state index in [0.29, 0.717) is 24.6 Å². The monoisotopic (exact) mass is 291 g/mol. The quantitative estimate of drug-likeness (QED) is 0.839. The fourth-order valence-corrected chi connectivity index (χ4v) is 1.81. The molecule has 0 spiro atoms. The molecule has 0 heterocycles. The molecule has 0 unspecified atom stereocenters. The Morgan fingerprint density at radius 1 is 1.05 bits per heavy atom. The van der Waals surface area contributed by atoms with Gasteiger partial charge in [0.15, 0.2) is 11.6 Å². The molecule has 112 valence electrons. The van der Waals surface area contributed by atoms with Crippen LogP contribution in [0.2, 0.25) is 0 Å². The van der Waals surface area contributed by atoms with Gasteiger partial charge >= 0.3 is 0 Å². The lowest BCUT2D eigenvalue weighted by Crippen LogP contribution is -2.05. The molecule has 0 amide bonds. The summed E-state index contributed by atoms with van der Waals surface area (Å²) in [5, 5.41) is 3.17. The molecule has 0 saturated carbocycles. The Morgan fingerprint density at radius 2 is 1.86 bits per heavy atom. The molecular weight excluding hydrogens is 272 g/mol. The summed E-state index contributed by atoms with van der Waals surface area (Å²) in [4.78, 5) is 0. The number of ether oxygens (including phenoxy) is 1. The maximum absolute atomic E-state index is 13.1. The van der Waals surface area contributed by atoms with Gasteiger partial charge in [0.05, 0.1) is 6.61 Å². The molecule has 2 aromatic carbocycles. The number of benzene rings is 2. The van der Waals surface area contributed by atoms with E-state index in [2.05, 4.69) is 19.2 Å². The summed E-state index contributed by atoms with van der Waals surface area (Å²) in [6.07, 6.45) is 0. The summed E-state index contributed by atoms with van der Waals surface area (Å²) in [5.74, 6) is -0.408. The second-order valence-corrected chi connectivity index (χ2v) is 5.33. The fraction of sp³-hybridized carbons (Fsp3) is 0.294. The molecule has 0 aliphatic heterocycles. The van der Waals surface area contributed by atoms with Gasteiger partial charge in [0.25, 0.3) is 0 Å². The first kappa shape index (κ1) is 15.3. The first-order valence-corrected chi connectivity index (χ1v) is 6.95. The van der Waals surface area contributed by atoms with Crippen LogP contribution in [0, 0.1) is 17.6 Å². The second kappa shape index (κ2) is 7.07. The number of rotatable bonds is 6. The normalized spacial score (nSPS) is 10.7. The summed E-state index contributed by atoms with van der Waals surface area (Å²) in [6, 6.07) is 11.5. The topological polar surface area (TPSA) is 21.3 Å². The van der Waals surface area contributed by atoms with Gasteiger partial charge in [-0.2, -0.15) is 0 Å².